The Morgan fingerprint density at radius 3 is 2.29 bits per heavy atom. The zero-order chi connectivity index (χ0) is 16.2. The third-order valence-electron chi connectivity index (χ3n) is 3.27. The molecule has 116 valence electrons. The zero-order valence-electron chi connectivity index (χ0n) is 13.3. The Bertz CT molecular complexity index is 516. The number of para-hydroxylation sites is 1. The van der Waals surface area contributed by atoms with Crippen molar-refractivity contribution in [2.24, 2.45) is 0 Å². The molecule has 1 amide bonds. The van der Waals surface area contributed by atoms with Crippen LogP contribution in [-0.4, -0.2) is 35.5 Å². The molecule has 0 atom stereocenters. The van der Waals surface area contributed by atoms with E-state index in [0.717, 1.165) is 5.56 Å². The van der Waals surface area contributed by atoms with E-state index in [4.69, 9.17) is 10.5 Å². The average molecular weight is 292 g/mol. The second-order valence-corrected chi connectivity index (χ2v) is 5.60. The molecule has 0 aliphatic carbocycles. The number of anilines is 1. The minimum absolute atomic E-state index is 0.0558. The molecule has 0 saturated carbocycles. The number of carbonyl (C=O) groups is 2. The first kappa shape index (κ1) is 17.0. The molecule has 2 N–H and O–H groups in total. The molecule has 5 heteroatoms. The number of aryl methyl sites for hydroxylation is 1. The average Bonchev–Trinajstić information content (AvgIpc) is 2.38. The molecule has 0 fully saturated rings. The predicted octanol–water partition coefficient (Wildman–Crippen LogP) is 2.38. The Hall–Kier alpha value is -2.04. The van der Waals surface area contributed by atoms with E-state index in [1.807, 2.05) is 40.7 Å². The lowest BCUT2D eigenvalue weighted by molar-refractivity contribution is -0.138. The fourth-order valence-electron chi connectivity index (χ4n) is 2.31. The Balaban J connectivity index is 2.72. The first-order valence-electron chi connectivity index (χ1n) is 7.09. The van der Waals surface area contributed by atoms with Crippen LogP contribution in [0, 0.1) is 6.92 Å². The number of benzene rings is 1. The number of hydrogen-bond donors (Lipinski definition) is 1. The maximum atomic E-state index is 12.1. The van der Waals surface area contributed by atoms with E-state index in [2.05, 4.69) is 0 Å². The summed E-state index contributed by atoms with van der Waals surface area (Å²) < 4.78 is 5.10. The van der Waals surface area contributed by atoms with E-state index in [1.165, 1.54) is 0 Å². The van der Waals surface area contributed by atoms with Crippen molar-refractivity contribution in [3.05, 3.63) is 29.3 Å². The molecule has 0 aromatic heterocycles. The van der Waals surface area contributed by atoms with Crippen LogP contribution < -0.4 is 5.73 Å². The number of nitrogen functional groups attached to an aromatic ring is 1. The van der Waals surface area contributed by atoms with Gasteiger partial charge in [-0.15, -0.1) is 0 Å². The Labute approximate surface area is 126 Å². The lowest BCUT2D eigenvalue weighted by Gasteiger charge is -2.30. The molecule has 1 rings (SSSR count). The minimum atomic E-state index is -0.572. The van der Waals surface area contributed by atoms with E-state index in [9.17, 15) is 9.59 Å². The number of amides is 1. The van der Waals surface area contributed by atoms with Gasteiger partial charge in [-0.1, -0.05) is 12.1 Å². The first-order valence-corrected chi connectivity index (χ1v) is 7.09. The number of esters is 1. The summed E-state index contributed by atoms with van der Waals surface area (Å²) in [5, 5.41) is 0. The monoisotopic (exact) mass is 292 g/mol. The van der Waals surface area contributed by atoms with Crippen molar-refractivity contribution in [1.29, 1.82) is 0 Å². The first-order chi connectivity index (χ1) is 9.75. The molecule has 0 aliphatic heterocycles. The standard InChI is InChI=1S/C16H24N2O3/c1-10(2)18(11(3)4)14(19)9-21-16(20)13-8-6-7-12(5)15(13)17/h6-8,10-11H,9,17H2,1-5H3. The fourth-order valence-corrected chi connectivity index (χ4v) is 2.31. The molecule has 0 saturated heterocycles. The molecular formula is C16H24N2O3. The molecular weight excluding hydrogens is 268 g/mol. The summed E-state index contributed by atoms with van der Waals surface area (Å²) in [7, 11) is 0. The van der Waals surface area contributed by atoms with Crippen molar-refractivity contribution in [3.63, 3.8) is 0 Å². The lowest BCUT2D eigenvalue weighted by Crippen LogP contribution is -2.44. The van der Waals surface area contributed by atoms with Gasteiger partial charge in [0, 0.05) is 17.8 Å². The van der Waals surface area contributed by atoms with Crippen LogP contribution >= 0.6 is 0 Å². The van der Waals surface area contributed by atoms with Gasteiger partial charge in [-0.2, -0.15) is 0 Å². The Morgan fingerprint density at radius 2 is 1.76 bits per heavy atom. The molecule has 1 aromatic rings. The van der Waals surface area contributed by atoms with Crippen molar-refractivity contribution in [2.75, 3.05) is 12.3 Å². The number of nitrogens with two attached hydrogens (primary N) is 1. The van der Waals surface area contributed by atoms with Gasteiger partial charge in [0.25, 0.3) is 5.91 Å². The summed E-state index contributed by atoms with van der Waals surface area (Å²) in [5.74, 6) is -0.781. The summed E-state index contributed by atoms with van der Waals surface area (Å²) in [5.41, 5.74) is 7.34. The molecule has 0 heterocycles. The fraction of sp³-hybridized carbons (Fsp3) is 0.500. The van der Waals surface area contributed by atoms with Crippen molar-refractivity contribution >= 4 is 17.6 Å². The number of hydrogen-bond acceptors (Lipinski definition) is 4. The summed E-state index contributed by atoms with van der Waals surface area (Å²) >= 11 is 0. The van der Waals surface area contributed by atoms with Gasteiger partial charge in [0.2, 0.25) is 0 Å². The van der Waals surface area contributed by atoms with Crippen molar-refractivity contribution < 1.29 is 14.3 Å². The maximum Gasteiger partial charge on any atom is 0.340 e. The van der Waals surface area contributed by atoms with Gasteiger partial charge in [0.15, 0.2) is 6.61 Å². The number of rotatable bonds is 5. The third kappa shape index (κ3) is 4.21. The van der Waals surface area contributed by atoms with Crippen LogP contribution in [0.15, 0.2) is 18.2 Å². The van der Waals surface area contributed by atoms with Gasteiger partial charge in [-0.25, -0.2) is 4.79 Å². The van der Waals surface area contributed by atoms with E-state index < -0.39 is 5.97 Å². The van der Waals surface area contributed by atoms with E-state index in [1.54, 1.807) is 17.0 Å². The van der Waals surface area contributed by atoms with Crippen LogP contribution in [0.25, 0.3) is 0 Å². The van der Waals surface area contributed by atoms with Gasteiger partial charge in [-0.3, -0.25) is 4.79 Å². The molecule has 0 bridgehead atoms. The van der Waals surface area contributed by atoms with E-state index in [-0.39, 0.29) is 24.6 Å². The molecule has 1 aromatic carbocycles. The lowest BCUT2D eigenvalue weighted by atomic mass is 10.1. The van der Waals surface area contributed by atoms with Crippen LogP contribution in [-0.2, 0) is 9.53 Å². The maximum absolute atomic E-state index is 12.1. The van der Waals surface area contributed by atoms with Gasteiger partial charge >= 0.3 is 5.97 Å². The van der Waals surface area contributed by atoms with Crippen LogP contribution in [0.5, 0.6) is 0 Å². The highest BCUT2D eigenvalue weighted by Crippen LogP contribution is 2.17. The molecule has 21 heavy (non-hydrogen) atoms. The molecule has 0 aliphatic rings. The highest BCUT2D eigenvalue weighted by Gasteiger charge is 2.22. The van der Waals surface area contributed by atoms with Crippen molar-refractivity contribution in [1.82, 2.24) is 4.90 Å². The van der Waals surface area contributed by atoms with E-state index in [0.29, 0.717) is 11.3 Å². The van der Waals surface area contributed by atoms with Gasteiger partial charge in [0.05, 0.1) is 5.56 Å². The zero-order valence-corrected chi connectivity index (χ0v) is 13.3. The second-order valence-electron chi connectivity index (χ2n) is 5.60. The highest BCUT2D eigenvalue weighted by molar-refractivity contribution is 5.96. The largest absolute Gasteiger partial charge is 0.452 e. The van der Waals surface area contributed by atoms with Crippen LogP contribution in [0.3, 0.4) is 0 Å². The summed E-state index contributed by atoms with van der Waals surface area (Å²) in [4.78, 5) is 25.8. The van der Waals surface area contributed by atoms with Crippen LogP contribution in [0.2, 0.25) is 0 Å². The minimum Gasteiger partial charge on any atom is -0.452 e. The Morgan fingerprint density at radius 1 is 1.19 bits per heavy atom. The highest BCUT2D eigenvalue weighted by atomic mass is 16.5. The second kappa shape index (κ2) is 7.11. The summed E-state index contributed by atoms with van der Waals surface area (Å²) in [6, 6.07) is 5.26. The molecule has 0 radical (unpaired) electrons. The van der Waals surface area contributed by atoms with Crippen LogP contribution in [0.1, 0.15) is 43.6 Å². The summed E-state index contributed by atoms with van der Waals surface area (Å²) in [6.45, 7) is 9.26. The van der Waals surface area contributed by atoms with Crippen molar-refractivity contribution in [3.8, 4) is 0 Å². The Kier molecular flexibility index (Phi) is 5.76. The number of nitrogens with zero attached hydrogens (tertiary/aromatic N) is 1. The predicted molar refractivity (Wildman–Crippen MR) is 83.0 cm³/mol. The topological polar surface area (TPSA) is 72.6 Å². The molecule has 0 unspecified atom stereocenters. The van der Waals surface area contributed by atoms with Crippen LogP contribution in [0.4, 0.5) is 5.69 Å². The van der Waals surface area contributed by atoms with E-state index >= 15 is 0 Å². The third-order valence-corrected chi connectivity index (χ3v) is 3.27. The van der Waals surface area contributed by atoms with Gasteiger partial charge < -0.3 is 15.4 Å². The molecule has 5 nitrogen and oxygen atoms in total. The quantitative estimate of drug-likeness (QED) is 0.668. The number of carbonyl (C=O) groups excluding carboxylic acids is 2. The molecule has 0 spiro atoms. The smallest absolute Gasteiger partial charge is 0.340 e. The van der Waals surface area contributed by atoms with Crippen molar-refractivity contribution in [2.45, 2.75) is 46.7 Å². The van der Waals surface area contributed by atoms with Gasteiger partial charge in [-0.05, 0) is 46.2 Å². The van der Waals surface area contributed by atoms with Gasteiger partial charge in [0.1, 0.15) is 0 Å². The SMILES string of the molecule is Cc1cccc(C(=O)OCC(=O)N(C(C)C)C(C)C)c1N. The number of ether oxygens (including phenoxy) is 1. The summed E-state index contributed by atoms with van der Waals surface area (Å²) in [6.07, 6.45) is 0. The normalized spacial score (nSPS) is 10.8.